The van der Waals surface area contributed by atoms with Crippen molar-refractivity contribution in [3.63, 3.8) is 0 Å². The van der Waals surface area contributed by atoms with E-state index in [2.05, 4.69) is 5.32 Å². The molecule has 0 unspecified atom stereocenters. The average Bonchev–Trinajstić information content (AvgIpc) is 2.40. The predicted octanol–water partition coefficient (Wildman–Crippen LogP) is 3.86. The number of phenols is 1. The lowest BCUT2D eigenvalue weighted by Crippen LogP contribution is -2.12. The number of aromatic hydroxyl groups is 1. The molecule has 0 aliphatic carbocycles. The lowest BCUT2D eigenvalue weighted by Gasteiger charge is -2.08. The molecule has 0 aliphatic rings. The van der Waals surface area contributed by atoms with Crippen LogP contribution in [0, 0.1) is 10.1 Å². The third-order valence-corrected chi connectivity index (χ3v) is 3.18. The molecule has 2 aromatic rings. The number of benzene rings is 2. The maximum atomic E-state index is 12.0. The quantitative estimate of drug-likeness (QED) is 0.661. The Bertz CT molecular complexity index is 734. The number of non-ortho nitro benzene ring substituents is 1. The van der Waals surface area contributed by atoms with Crippen LogP contribution in [0.3, 0.4) is 0 Å². The van der Waals surface area contributed by atoms with Crippen molar-refractivity contribution in [2.75, 3.05) is 5.32 Å². The van der Waals surface area contributed by atoms with Gasteiger partial charge in [-0.3, -0.25) is 14.9 Å². The zero-order valence-electron chi connectivity index (χ0n) is 10.3. The first-order valence-electron chi connectivity index (χ1n) is 5.62. The van der Waals surface area contributed by atoms with Crippen molar-refractivity contribution in [1.82, 2.24) is 0 Å². The van der Waals surface area contributed by atoms with E-state index in [1.807, 2.05) is 0 Å². The van der Waals surface area contributed by atoms with Gasteiger partial charge in [0.05, 0.1) is 21.2 Å². The summed E-state index contributed by atoms with van der Waals surface area (Å²) in [6, 6.07) is 7.64. The van der Waals surface area contributed by atoms with Crippen molar-refractivity contribution in [1.29, 1.82) is 0 Å². The molecule has 0 saturated carbocycles. The highest BCUT2D eigenvalue weighted by Crippen LogP contribution is 2.28. The summed E-state index contributed by atoms with van der Waals surface area (Å²) in [7, 11) is 0. The number of rotatable bonds is 3. The number of phenolic OH excluding ortho intramolecular Hbond substituents is 1. The van der Waals surface area contributed by atoms with E-state index in [4.69, 9.17) is 23.2 Å². The van der Waals surface area contributed by atoms with Crippen molar-refractivity contribution in [2.24, 2.45) is 0 Å². The van der Waals surface area contributed by atoms with Gasteiger partial charge in [-0.15, -0.1) is 0 Å². The Kier molecular flexibility index (Phi) is 4.30. The van der Waals surface area contributed by atoms with E-state index >= 15 is 0 Å². The maximum absolute atomic E-state index is 12.0. The number of halogens is 2. The number of hydrogen-bond acceptors (Lipinski definition) is 4. The second kappa shape index (κ2) is 5.99. The van der Waals surface area contributed by atoms with Gasteiger partial charge in [-0.05, 0) is 24.3 Å². The van der Waals surface area contributed by atoms with Crippen LogP contribution in [0.15, 0.2) is 36.4 Å². The molecule has 0 spiro atoms. The molecular weight excluding hydrogens is 319 g/mol. The molecule has 0 aliphatic heterocycles. The van der Waals surface area contributed by atoms with Crippen LogP contribution in [-0.4, -0.2) is 15.9 Å². The van der Waals surface area contributed by atoms with E-state index in [1.54, 1.807) is 0 Å². The summed E-state index contributed by atoms with van der Waals surface area (Å²) >= 11 is 11.6. The molecule has 0 radical (unpaired) electrons. The van der Waals surface area contributed by atoms with Gasteiger partial charge >= 0.3 is 0 Å². The SMILES string of the molecule is O=C(Nc1cc([N+](=O)[O-])ccc1Cl)c1ccc(Cl)cc1O. The Labute approximate surface area is 129 Å². The molecule has 21 heavy (non-hydrogen) atoms. The molecule has 1 amide bonds. The molecule has 0 aromatic heterocycles. The molecule has 2 aromatic carbocycles. The highest BCUT2D eigenvalue weighted by molar-refractivity contribution is 6.34. The van der Waals surface area contributed by atoms with E-state index < -0.39 is 10.8 Å². The van der Waals surface area contributed by atoms with Gasteiger partial charge in [0.15, 0.2) is 0 Å². The minimum atomic E-state index is -0.661. The molecule has 8 heteroatoms. The normalized spacial score (nSPS) is 10.2. The topological polar surface area (TPSA) is 92.5 Å². The summed E-state index contributed by atoms with van der Waals surface area (Å²) in [6.45, 7) is 0. The van der Waals surface area contributed by atoms with Gasteiger partial charge < -0.3 is 10.4 Å². The minimum Gasteiger partial charge on any atom is -0.507 e. The number of nitrogens with zero attached hydrogens (tertiary/aromatic N) is 1. The monoisotopic (exact) mass is 326 g/mol. The first kappa shape index (κ1) is 15.1. The molecule has 2 N–H and O–H groups in total. The van der Waals surface area contributed by atoms with E-state index in [0.29, 0.717) is 0 Å². The van der Waals surface area contributed by atoms with Crippen molar-refractivity contribution in [2.45, 2.75) is 0 Å². The van der Waals surface area contributed by atoms with Crippen molar-refractivity contribution in [3.05, 3.63) is 62.1 Å². The Hall–Kier alpha value is -2.31. The summed E-state index contributed by atoms with van der Waals surface area (Å²) in [5.41, 5.74) is -0.165. The fourth-order valence-corrected chi connectivity index (χ4v) is 1.94. The zero-order valence-corrected chi connectivity index (χ0v) is 11.9. The Balaban J connectivity index is 2.31. The minimum absolute atomic E-state index is 0.0260. The number of nitro benzene ring substituents is 1. The van der Waals surface area contributed by atoms with Crippen LogP contribution < -0.4 is 5.32 Å². The van der Waals surface area contributed by atoms with Crippen LogP contribution in [0.1, 0.15) is 10.4 Å². The standard InChI is InChI=1S/C13H8Cl2N2O4/c14-7-1-3-9(12(18)5-7)13(19)16-11-6-8(17(20)21)2-4-10(11)15/h1-6,18H,(H,16,19). The van der Waals surface area contributed by atoms with Crippen LogP contribution in [-0.2, 0) is 0 Å². The highest BCUT2D eigenvalue weighted by atomic mass is 35.5. The second-order valence-electron chi connectivity index (χ2n) is 4.04. The third kappa shape index (κ3) is 3.42. The largest absolute Gasteiger partial charge is 0.507 e. The number of hydrogen-bond donors (Lipinski definition) is 2. The summed E-state index contributed by atoms with van der Waals surface area (Å²) in [6.07, 6.45) is 0. The second-order valence-corrected chi connectivity index (χ2v) is 4.88. The molecule has 0 heterocycles. The molecule has 0 fully saturated rings. The van der Waals surface area contributed by atoms with E-state index in [-0.39, 0.29) is 32.7 Å². The molecule has 0 atom stereocenters. The van der Waals surface area contributed by atoms with Gasteiger partial charge in [0.1, 0.15) is 5.75 Å². The number of carbonyl (C=O) groups is 1. The Morgan fingerprint density at radius 1 is 1.19 bits per heavy atom. The fraction of sp³-hybridized carbons (Fsp3) is 0. The van der Waals surface area contributed by atoms with Crippen LogP contribution in [0.25, 0.3) is 0 Å². The molecule has 2 rings (SSSR count). The number of carbonyl (C=O) groups excluding carboxylic acids is 1. The summed E-state index contributed by atoms with van der Waals surface area (Å²) in [5.74, 6) is -0.965. The summed E-state index contributed by atoms with van der Waals surface area (Å²) in [4.78, 5) is 22.1. The molecular formula is C13H8Cl2N2O4. The van der Waals surface area contributed by atoms with Crippen molar-refractivity contribution < 1.29 is 14.8 Å². The first-order valence-corrected chi connectivity index (χ1v) is 6.38. The highest BCUT2D eigenvalue weighted by Gasteiger charge is 2.15. The lowest BCUT2D eigenvalue weighted by atomic mass is 10.2. The summed E-state index contributed by atoms with van der Waals surface area (Å²) < 4.78 is 0. The van der Waals surface area contributed by atoms with Crippen molar-refractivity contribution in [3.8, 4) is 5.75 Å². The van der Waals surface area contributed by atoms with Crippen LogP contribution >= 0.6 is 23.2 Å². The first-order chi connectivity index (χ1) is 9.88. The van der Waals surface area contributed by atoms with E-state index in [1.165, 1.54) is 30.3 Å². The number of anilines is 1. The molecule has 0 saturated heterocycles. The fourth-order valence-electron chi connectivity index (χ4n) is 1.61. The number of amides is 1. The number of nitrogens with one attached hydrogen (secondary N) is 1. The van der Waals surface area contributed by atoms with Gasteiger partial charge in [-0.1, -0.05) is 23.2 Å². The van der Waals surface area contributed by atoms with E-state index in [0.717, 1.165) is 6.07 Å². The molecule has 108 valence electrons. The van der Waals surface area contributed by atoms with Gasteiger partial charge in [0.25, 0.3) is 11.6 Å². The number of nitro groups is 1. The van der Waals surface area contributed by atoms with Crippen LogP contribution in [0.2, 0.25) is 10.0 Å². The zero-order chi connectivity index (χ0) is 15.6. The molecule has 6 nitrogen and oxygen atoms in total. The Morgan fingerprint density at radius 2 is 1.90 bits per heavy atom. The maximum Gasteiger partial charge on any atom is 0.271 e. The lowest BCUT2D eigenvalue weighted by molar-refractivity contribution is -0.384. The van der Waals surface area contributed by atoms with Gasteiger partial charge in [0.2, 0.25) is 0 Å². The van der Waals surface area contributed by atoms with Gasteiger partial charge in [-0.25, -0.2) is 0 Å². The van der Waals surface area contributed by atoms with Gasteiger partial charge in [-0.2, -0.15) is 0 Å². The van der Waals surface area contributed by atoms with E-state index in [9.17, 15) is 20.0 Å². The Morgan fingerprint density at radius 3 is 2.52 bits per heavy atom. The molecule has 0 bridgehead atoms. The van der Waals surface area contributed by atoms with Crippen LogP contribution in [0.4, 0.5) is 11.4 Å². The summed E-state index contributed by atoms with van der Waals surface area (Å²) in [5, 5.41) is 23.2. The van der Waals surface area contributed by atoms with Crippen molar-refractivity contribution >= 4 is 40.5 Å². The van der Waals surface area contributed by atoms with Gasteiger partial charge in [0, 0.05) is 17.2 Å². The smallest absolute Gasteiger partial charge is 0.271 e. The average molecular weight is 327 g/mol. The third-order valence-electron chi connectivity index (χ3n) is 2.61. The predicted molar refractivity (Wildman–Crippen MR) is 79.2 cm³/mol. The van der Waals surface area contributed by atoms with Crippen LogP contribution in [0.5, 0.6) is 5.75 Å².